The van der Waals surface area contributed by atoms with Crippen molar-refractivity contribution in [2.45, 2.75) is 38.9 Å². The molecule has 1 fully saturated rings. The van der Waals surface area contributed by atoms with Crippen LogP contribution in [0.5, 0.6) is 5.75 Å². The maximum Gasteiger partial charge on any atom is 0.494 e. The van der Waals surface area contributed by atoms with Crippen molar-refractivity contribution < 1.29 is 18.5 Å². The van der Waals surface area contributed by atoms with Crippen LogP contribution in [0.3, 0.4) is 0 Å². The average Bonchev–Trinajstić information content (AvgIpc) is 3.05. The van der Waals surface area contributed by atoms with Crippen LogP contribution in [0.2, 0.25) is 0 Å². The van der Waals surface area contributed by atoms with Crippen molar-refractivity contribution in [1.82, 2.24) is 10.2 Å². The molecule has 1 aromatic heterocycles. The molecule has 0 spiro atoms. The Labute approximate surface area is 129 Å². The molecule has 0 atom stereocenters. The van der Waals surface area contributed by atoms with Crippen molar-refractivity contribution in [1.29, 1.82) is 0 Å². The molecule has 1 aliphatic rings. The van der Waals surface area contributed by atoms with Gasteiger partial charge in [-0.25, -0.2) is 0 Å². The Bertz CT molecular complexity index is 654. The van der Waals surface area contributed by atoms with Crippen LogP contribution in [0, 0.1) is 0 Å². The molecule has 2 heterocycles. The van der Waals surface area contributed by atoms with Gasteiger partial charge in [-0.3, -0.25) is 0 Å². The predicted octanol–water partition coefficient (Wildman–Crippen LogP) is 2.04. The first-order valence-electron chi connectivity index (χ1n) is 7.14. The van der Waals surface area contributed by atoms with Gasteiger partial charge in [0.2, 0.25) is 6.39 Å². The zero-order valence-electron chi connectivity index (χ0n) is 13.4. The Hall–Kier alpha value is -1.86. The molecule has 2 aromatic rings. The van der Waals surface area contributed by atoms with Gasteiger partial charge in [0.05, 0.1) is 23.9 Å². The number of benzene rings is 1. The summed E-state index contributed by atoms with van der Waals surface area (Å²) in [5, 5.41) is 7.60. The monoisotopic (exact) mass is 302 g/mol. The van der Waals surface area contributed by atoms with E-state index in [1.54, 1.807) is 7.11 Å². The van der Waals surface area contributed by atoms with E-state index in [4.69, 9.17) is 18.5 Å². The quantitative estimate of drug-likeness (QED) is 0.808. The Balaban J connectivity index is 1.94. The molecule has 22 heavy (non-hydrogen) atoms. The van der Waals surface area contributed by atoms with Crippen molar-refractivity contribution >= 4 is 12.6 Å². The second kappa shape index (κ2) is 5.10. The number of nitrogens with zero attached hydrogens (tertiary/aromatic N) is 2. The molecule has 0 amide bonds. The van der Waals surface area contributed by atoms with Crippen molar-refractivity contribution in [2.75, 3.05) is 7.11 Å². The third kappa shape index (κ3) is 2.40. The highest BCUT2D eigenvalue weighted by molar-refractivity contribution is 6.62. The molecule has 1 aliphatic heterocycles. The van der Waals surface area contributed by atoms with Gasteiger partial charge in [-0.1, -0.05) is 6.07 Å². The average molecular weight is 302 g/mol. The van der Waals surface area contributed by atoms with E-state index in [0.717, 1.165) is 11.0 Å². The number of ether oxygens (including phenoxy) is 1. The van der Waals surface area contributed by atoms with Gasteiger partial charge in [-0.05, 0) is 45.3 Å². The fourth-order valence-corrected chi connectivity index (χ4v) is 2.30. The Morgan fingerprint density at radius 3 is 2.32 bits per heavy atom. The molecule has 0 bridgehead atoms. The molecule has 3 rings (SSSR count). The number of hydrogen-bond donors (Lipinski definition) is 0. The fraction of sp³-hybridized carbons (Fsp3) is 0.467. The molecule has 7 heteroatoms. The van der Waals surface area contributed by atoms with E-state index in [2.05, 4.69) is 10.2 Å². The summed E-state index contributed by atoms with van der Waals surface area (Å²) in [4.78, 5) is 0. The Kier molecular flexibility index (Phi) is 3.49. The van der Waals surface area contributed by atoms with Crippen LogP contribution < -0.4 is 10.2 Å². The zero-order valence-corrected chi connectivity index (χ0v) is 13.4. The topological polar surface area (TPSA) is 66.6 Å². The van der Waals surface area contributed by atoms with E-state index in [0.29, 0.717) is 11.6 Å². The first-order valence-corrected chi connectivity index (χ1v) is 7.14. The molecular formula is C15H19BN2O4. The summed E-state index contributed by atoms with van der Waals surface area (Å²) >= 11 is 0. The normalized spacial score (nSPS) is 19.4. The predicted molar refractivity (Wildman–Crippen MR) is 82.0 cm³/mol. The van der Waals surface area contributed by atoms with Gasteiger partial charge in [0.1, 0.15) is 5.75 Å². The summed E-state index contributed by atoms with van der Waals surface area (Å²) in [6.45, 7) is 8.10. The molecule has 1 aromatic carbocycles. The van der Waals surface area contributed by atoms with E-state index in [1.165, 1.54) is 6.39 Å². The molecule has 0 N–H and O–H groups in total. The van der Waals surface area contributed by atoms with Gasteiger partial charge in [-0.2, -0.15) is 0 Å². The summed E-state index contributed by atoms with van der Waals surface area (Å²) in [5.74, 6) is 1.05. The Morgan fingerprint density at radius 1 is 1.09 bits per heavy atom. The lowest BCUT2D eigenvalue weighted by Crippen LogP contribution is -2.41. The Morgan fingerprint density at radius 2 is 1.77 bits per heavy atom. The van der Waals surface area contributed by atoms with Gasteiger partial charge in [0.25, 0.3) is 5.89 Å². The first kappa shape index (κ1) is 15.1. The number of methoxy groups -OCH3 is 1. The maximum absolute atomic E-state index is 6.05. The van der Waals surface area contributed by atoms with Gasteiger partial charge in [0.15, 0.2) is 0 Å². The van der Waals surface area contributed by atoms with Crippen LogP contribution in [0.1, 0.15) is 27.7 Å². The minimum Gasteiger partial charge on any atom is -0.496 e. The molecular weight excluding hydrogens is 283 g/mol. The number of aromatic nitrogens is 2. The molecule has 0 unspecified atom stereocenters. The molecule has 116 valence electrons. The van der Waals surface area contributed by atoms with Crippen LogP contribution >= 0.6 is 0 Å². The summed E-state index contributed by atoms with van der Waals surface area (Å²) in [7, 11) is 1.17. The highest BCUT2D eigenvalue weighted by Gasteiger charge is 2.51. The largest absolute Gasteiger partial charge is 0.496 e. The lowest BCUT2D eigenvalue weighted by Gasteiger charge is -2.32. The lowest BCUT2D eigenvalue weighted by molar-refractivity contribution is 0.00578. The van der Waals surface area contributed by atoms with Gasteiger partial charge in [-0.15, -0.1) is 10.2 Å². The van der Waals surface area contributed by atoms with E-state index in [-0.39, 0.29) is 11.2 Å². The molecule has 6 nitrogen and oxygen atoms in total. The highest BCUT2D eigenvalue weighted by Crippen LogP contribution is 2.37. The van der Waals surface area contributed by atoms with Gasteiger partial charge < -0.3 is 18.5 Å². The maximum atomic E-state index is 6.05. The van der Waals surface area contributed by atoms with Crippen LogP contribution in [0.15, 0.2) is 29.0 Å². The number of hydrogen-bond acceptors (Lipinski definition) is 6. The molecule has 1 saturated heterocycles. The second-order valence-electron chi connectivity index (χ2n) is 6.29. The molecule has 0 radical (unpaired) electrons. The van der Waals surface area contributed by atoms with Gasteiger partial charge >= 0.3 is 7.12 Å². The molecule has 0 saturated carbocycles. The minimum absolute atomic E-state index is 0.379. The van der Waals surface area contributed by atoms with E-state index >= 15 is 0 Å². The van der Waals surface area contributed by atoms with E-state index < -0.39 is 7.12 Å². The summed E-state index contributed by atoms with van der Waals surface area (Å²) in [5.41, 5.74) is 0.866. The molecule has 0 aliphatic carbocycles. The van der Waals surface area contributed by atoms with Crippen molar-refractivity contribution in [3.8, 4) is 17.2 Å². The summed E-state index contributed by atoms with van der Waals surface area (Å²) < 4.78 is 22.8. The smallest absolute Gasteiger partial charge is 0.494 e. The first-order chi connectivity index (χ1) is 10.3. The van der Waals surface area contributed by atoms with Crippen molar-refractivity contribution in [3.63, 3.8) is 0 Å². The highest BCUT2D eigenvalue weighted by atomic mass is 16.7. The van der Waals surface area contributed by atoms with Crippen LogP contribution in [0.4, 0.5) is 0 Å². The fourth-order valence-electron chi connectivity index (χ4n) is 2.30. The lowest BCUT2D eigenvalue weighted by atomic mass is 9.78. The number of rotatable bonds is 3. The van der Waals surface area contributed by atoms with E-state index in [9.17, 15) is 0 Å². The minimum atomic E-state index is -0.435. The van der Waals surface area contributed by atoms with Gasteiger partial charge in [0, 0.05) is 0 Å². The van der Waals surface area contributed by atoms with Crippen LogP contribution in [-0.2, 0) is 9.31 Å². The standard InChI is InChI=1S/C15H19BN2O4/c1-14(2)15(3,4)22-16(21-14)10-6-7-11(12(8-10)19-5)13-18-17-9-20-13/h6-9H,1-5H3. The van der Waals surface area contributed by atoms with E-state index in [1.807, 2.05) is 45.9 Å². The second-order valence-corrected chi connectivity index (χ2v) is 6.29. The van der Waals surface area contributed by atoms with Crippen molar-refractivity contribution in [2.24, 2.45) is 0 Å². The van der Waals surface area contributed by atoms with Crippen LogP contribution in [0.25, 0.3) is 11.5 Å². The third-order valence-corrected chi connectivity index (χ3v) is 4.34. The van der Waals surface area contributed by atoms with Crippen LogP contribution in [-0.4, -0.2) is 35.6 Å². The summed E-state index contributed by atoms with van der Waals surface area (Å²) in [6.07, 6.45) is 1.29. The zero-order chi connectivity index (χ0) is 16.0. The van der Waals surface area contributed by atoms with Crippen molar-refractivity contribution in [3.05, 3.63) is 24.6 Å². The third-order valence-electron chi connectivity index (χ3n) is 4.34. The SMILES string of the molecule is COc1cc(B2OC(C)(C)C(C)(C)O2)ccc1-c1nnco1. The summed E-state index contributed by atoms with van der Waals surface area (Å²) in [6, 6.07) is 5.67.